The van der Waals surface area contributed by atoms with Gasteiger partial charge < -0.3 is 20.7 Å². The van der Waals surface area contributed by atoms with Crippen molar-refractivity contribution >= 4 is 22.8 Å². The molecule has 1 aromatic carbocycles. The van der Waals surface area contributed by atoms with Gasteiger partial charge in [0.15, 0.2) is 0 Å². The van der Waals surface area contributed by atoms with Crippen molar-refractivity contribution in [2.75, 3.05) is 55.3 Å². The highest BCUT2D eigenvalue weighted by Crippen LogP contribution is 2.32. The second kappa shape index (κ2) is 11.5. The number of hydrogen-bond donors (Lipinski definition) is 2. The monoisotopic (exact) mass is 532 g/mol. The summed E-state index contributed by atoms with van der Waals surface area (Å²) >= 11 is 0. The van der Waals surface area contributed by atoms with Crippen molar-refractivity contribution in [1.29, 1.82) is 0 Å². The zero-order chi connectivity index (χ0) is 27.4. The van der Waals surface area contributed by atoms with E-state index in [0.717, 1.165) is 46.8 Å². The Labute approximate surface area is 228 Å². The van der Waals surface area contributed by atoms with Crippen molar-refractivity contribution in [3.05, 3.63) is 85.0 Å². The quantitative estimate of drug-likeness (QED) is 0.296. The maximum absolute atomic E-state index is 13.5. The Balaban J connectivity index is 1.26. The maximum Gasteiger partial charge on any atom is 0.250 e. The molecule has 9 heteroatoms. The molecule has 3 N–H and O–H groups in total. The van der Waals surface area contributed by atoms with E-state index >= 15 is 0 Å². The molecule has 0 aliphatic carbocycles. The fraction of sp³-hybridized carbons (Fsp3) is 0.333. The van der Waals surface area contributed by atoms with Gasteiger partial charge in [-0.2, -0.15) is 0 Å². The number of nitrogen functional groups attached to an aromatic ring is 1. The van der Waals surface area contributed by atoms with Gasteiger partial charge in [0.1, 0.15) is 5.82 Å². The number of nitrogens with zero attached hydrogens (tertiary/aromatic N) is 4. The van der Waals surface area contributed by atoms with Crippen LogP contribution < -0.4 is 16.0 Å². The van der Waals surface area contributed by atoms with E-state index < -0.39 is 5.92 Å². The number of hydrogen-bond acceptors (Lipinski definition) is 7. The summed E-state index contributed by atoms with van der Waals surface area (Å²) in [5, 5.41) is 3.29. The summed E-state index contributed by atoms with van der Waals surface area (Å²) < 4.78 is 32.5. The molecule has 2 fully saturated rings. The van der Waals surface area contributed by atoms with E-state index in [2.05, 4.69) is 33.3 Å². The Morgan fingerprint density at radius 2 is 1.74 bits per heavy atom. The largest absolute Gasteiger partial charge is 0.398 e. The molecule has 204 valence electrons. The highest BCUT2D eigenvalue weighted by Gasteiger charge is 2.33. The van der Waals surface area contributed by atoms with Crippen LogP contribution in [0.4, 0.5) is 26.0 Å². The van der Waals surface area contributed by atoms with Gasteiger partial charge in [0, 0.05) is 80.5 Å². The molecule has 7 nitrogen and oxygen atoms in total. The lowest BCUT2D eigenvalue weighted by Crippen LogP contribution is -2.38. The molecule has 0 atom stereocenters. The van der Waals surface area contributed by atoms with E-state index in [1.807, 2.05) is 41.3 Å². The third-order valence-corrected chi connectivity index (χ3v) is 7.24. The van der Waals surface area contributed by atoms with E-state index in [9.17, 15) is 8.78 Å². The number of anilines is 3. The number of piperidine rings is 1. The molecule has 5 rings (SSSR count). The minimum Gasteiger partial charge on any atom is -0.398 e. The number of likely N-dealkylation sites (tertiary alicyclic amines) is 1. The lowest BCUT2D eigenvalue weighted by molar-refractivity contribution is -0.0566. The topological polar surface area (TPSA) is 79.5 Å². The summed E-state index contributed by atoms with van der Waals surface area (Å²) in [6.07, 6.45) is 5.16. The minimum atomic E-state index is -2.55. The van der Waals surface area contributed by atoms with Crippen LogP contribution in [0.1, 0.15) is 24.0 Å². The number of nitrogens with one attached hydrogen (secondary N) is 1. The minimum absolute atomic E-state index is 0.102. The zero-order valence-corrected chi connectivity index (χ0v) is 22.0. The average molecular weight is 533 g/mol. The molecule has 0 unspecified atom stereocenters. The molecule has 2 aliphatic heterocycles. The maximum atomic E-state index is 13.5. The van der Waals surface area contributed by atoms with Crippen molar-refractivity contribution in [3.8, 4) is 11.1 Å². The van der Waals surface area contributed by atoms with E-state index in [0.29, 0.717) is 49.8 Å². The van der Waals surface area contributed by atoms with Crippen LogP contribution in [0, 0.1) is 0 Å². The third-order valence-electron chi connectivity index (χ3n) is 7.24. The molecular weight excluding hydrogens is 498 g/mol. The van der Waals surface area contributed by atoms with E-state index in [4.69, 9.17) is 10.5 Å². The second-order valence-corrected chi connectivity index (χ2v) is 10.1. The van der Waals surface area contributed by atoms with Crippen molar-refractivity contribution in [3.63, 3.8) is 0 Å². The van der Waals surface area contributed by atoms with E-state index in [-0.39, 0.29) is 12.8 Å². The Bertz CT molecular complexity index is 1330. The molecule has 0 bridgehead atoms. The third kappa shape index (κ3) is 6.61. The molecule has 0 amide bonds. The Morgan fingerprint density at radius 1 is 0.974 bits per heavy atom. The Hall–Kier alpha value is -3.82. The highest BCUT2D eigenvalue weighted by molar-refractivity contribution is 5.88. The standard InChI is InChI=1S/C30H34F2N6O/c1-21(22(2)36-26-4-6-29(35-19-26)38-11-13-39-14-12-38)27-16-24(3-5-28(27)33)25-15-23(17-34-18-25)20-37-9-7-30(31,32)8-10-37/h3-6,15-19,36H,1-2,7-14,20,33H2. The fourth-order valence-electron chi connectivity index (χ4n) is 4.88. The molecule has 2 saturated heterocycles. The van der Waals surface area contributed by atoms with Crippen LogP contribution in [-0.2, 0) is 11.3 Å². The molecule has 2 aliphatic rings. The lowest BCUT2D eigenvalue weighted by atomic mass is 9.97. The number of ether oxygens (including phenoxy) is 1. The average Bonchev–Trinajstić information content (AvgIpc) is 2.95. The van der Waals surface area contributed by atoms with Crippen LogP contribution in [0.25, 0.3) is 16.7 Å². The van der Waals surface area contributed by atoms with Gasteiger partial charge in [-0.3, -0.25) is 9.88 Å². The number of halogens is 2. The van der Waals surface area contributed by atoms with Crippen molar-refractivity contribution in [1.82, 2.24) is 14.9 Å². The van der Waals surface area contributed by atoms with Crippen LogP contribution in [0.2, 0.25) is 0 Å². The first-order chi connectivity index (χ1) is 18.8. The molecule has 39 heavy (non-hydrogen) atoms. The first-order valence-corrected chi connectivity index (χ1v) is 13.2. The summed E-state index contributed by atoms with van der Waals surface area (Å²) in [5.41, 5.74) is 12.6. The summed E-state index contributed by atoms with van der Waals surface area (Å²) in [7, 11) is 0. The van der Waals surface area contributed by atoms with Gasteiger partial charge in [0.2, 0.25) is 0 Å². The zero-order valence-electron chi connectivity index (χ0n) is 22.0. The second-order valence-electron chi connectivity index (χ2n) is 10.1. The van der Waals surface area contributed by atoms with Crippen LogP contribution in [0.15, 0.2) is 73.8 Å². The Kier molecular flexibility index (Phi) is 7.90. The SMILES string of the molecule is C=C(Nc1ccc(N2CCOCC2)nc1)C(=C)c1cc(-c2cncc(CN3CCC(F)(F)CC3)c2)ccc1N. The van der Waals surface area contributed by atoms with Gasteiger partial charge in [-0.1, -0.05) is 19.2 Å². The van der Waals surface area contributed by atoms with Crippen LogP contribution in [0.5, 0.6) is 0 Å². The summed E-state index contributed by atoms with van der Waals surface area (Å²) in [6.45, 7) is 12.8. The smallest absolute Gasteiger partial charge is 0.250 e. The highest BCUT2D eigenvalue weighted by atomic mass is 19.3. The number of nitrogens with two attached hydrogens (primary N) is 1. The normalized spacial score (nSPS) is 17.5. The molecule has 0 radical (unpaired) electrons. The number of allylic oxidation sites excluding steroid dienone is 1. The number of aromatic nitrogens is 2. The predicted octanol–water partition coefficient (Wildman–Crippen LogP) is 5.43. The van der Waals surface area contributed by atoms with Gasteiger partial charge in [-0.05, 0) is 47.0 Å². The number of morpholine rings is 1. The van der Waals surface area contributed by atoms with Crippen LogP contribution in [-0.4, -0.2) is 60.2 Å². The molecule has 4 heterocycles. The van der Waals surface area contributed by atoms with Gasteiger partial charge in [0.25, 0.3) is 5.92 Å². The van der Waals surface area contributed by atoms with Gasteiger partial charge in [0.05, 0.1) is 25.1 Å². The van der Waals surface area contributed by atoms with E-state index in [1.54, 1.807) is 18.6 Å². The summed E-state index contributed by atoms with van der Waals surface area (Å²) in [4.78, 5) is 13.2. The van der Waals surface area contributed by atoms with Crippen LogP contribution >= 0.6 is 0 Å². The molecule has 0 spiro atoms. The number of benzene rings is 1. The van der Waals surface area contributed by atoms with Gasteiger partial charge in [-0.25, -0.2) is 13.8 Å². The van der Waals surface area contributed by atoms with E-state index in [1.165, 1.54) is 0 Å². The van der Waals surface area contributed by atoms with Crippen molar-refractivity contribution in [2.45, 2.75) is 25.3 Å². The van der Waals surface area contributed by atoms with Crippen molar-refractivity contribution in [2.24, 2.45) is 0 Å². The first-order valence-electron chi connectivity index (χ1n) is 13.2. The molecule has 2 aromatic heterocycles. The lowest BCUT2D eigenvalue weighted by Gasteiger charge is -2.31. The van der Waals surface area contributed by atoms with Gasteiger partial charge in [-0.15, -0.1) is 0 Å². The number of pyridine rings is 2. The Morgan fingerprint density at radius 3 is 2.46 bits per heavy atom. The molecule has 3 aromatic rings. The van der Waals surface area contributed by atoms with Crippen molar-refractivity contribution < 1.29 is 13.5 Å². The van der Waals surface area contributed by atoms with Gasteiger partial charge >= 0.3 is 0 Å². The fourth-order valence-corrected chi connectivity index (χ4v) is 4.88. The molecule has 0 saturated carbocycles. The number of alkyl halides is 2. The summed E-state index contributed by atoms with van der Waals surface area (Å²) in [6, 6.07) is 11.8. The molecular formula is C30H34F2N6O. The number of rotatable bonds is 8. The summed E-state index contributed by atoms with van der Waals surface area (Å²) in [5.74, 6) is -1.64. The van der Waals surface area contributed by atoms with Crippen LogP contribution in [0.3, 0.4) is 0 Å². The first kappa shape index (κ1) is 26.8. The predicted molar refractivity (Wildman–Crippen MR) is 153 cm³/mol.